The summed E-state index contributed by atoms with van der Waals surface area (Å²) in [5.41, 5.74) is 0.854. The van der Waals surface area contributed by atoms with Gasteiger partial charge in [0.2, 0.25) is 0 Å². The first kappa shape index (κ1) is 12.0. The molecule has 19 heavy (non-hydrogen) atoms. The predicted molar refractivity (Wildman–Crippen MR) is 69.0 cm³/mol. The van der Waals surface area contributed by atoms with Crippen LogP contribution in [-0.2, 0) is 9.31 Å². The van der Waals surface area contributed by atoms with Gasteiger partial charge in [0.15, 0.2) is 0 Å². The molecule has 1 aromatic carbocycles. The Balaban J connectivity index is 1.97. The molecule has 2 amide bonds. The average Bonchev–Trinajstić information content (AvgIpc) is 2.78. The molecule has 0 saturated carbocycles. The van der Waals surface area contributed by atoms with E-state index in [0.717, 1.165) is 0 Å². The minimum atomic E-state index is -0.601. The first-order valence-electron chi connectivity index (χ1n) is 5.92. The molecule has 2 aliphatic rings. The van der Waals surface area contributed by atoms with Crippen LogP contribution in [0.25, 0.3) is 0 Å². The van der Waals surface area contributed by atoms with Crippen LogP contribution in [0.3, 0.4) is 0 Å². The number of rotatable bonds is 1. The van der Waals surface area contributed by atoms with E-state index < -0.39 is 18.6 Å². The van der Waals surface area contributed by atoms with Crippen molar-refractivity contribution < 1.29 is 18.9 Å². The van der Waals surface area contributed by atoms with Crippen LogP contribution in [0.2, 0.25) is 0 Å². The molecule has 1 fully saturated rings. The highest BCUT2D eigenvalue weighted by atomic mass is 16.7. The highest BCUT2D eigenvalue weighted by Crippen LogP contribution is 2.29. The standard InChI is InChI=1S/C13H12BNO4/c1-7-13(2,3)19-14(18-7)8-4-5-9-10(6-8)12(17)15-11(9)16/h4-6H,1H2,2-3H3,(H,15,16,17). The highest BCUT2D eigenvalue weighted by molar-refractivity contribution is 6.62. The van der Waals surface area contributed by atoms with Crippen LogP contribution in [-0.4, -0.2) is 24.5 Å². The number of imide groups is 1. The number of fused-ring (bicyclic) bond motifs is 1. The zero-order chi connectivity index (χ0) is 13.8. The van der Waals surface area contributed by atoms with Gasteiger partial charge in [0.1, 0.15) is 5.60 Å². The molecule has 2 aliphatic heterocycles. The summed E-state index contributed by atoms with van der Waals surface area (Å²) >= 11 is 0. The molecule has 3 rings (SSSR count). The summed E-state index contributed by atoms with van der Waals surface area (Å²) in [5, 5.41) is 2.25. The molecular formula is C13H12BNO4. The number of amides is 2. The molecule has 0 radical (unpaired) electrons. The van der Waals surface area contributed by atoms with Crippen LogP contribution >= 0.6 is 0 Å². The number of hydrogen-bond donors (Lipinski definition) is 1. The summed E-state index contributed by atoms with van der Waals surface area (Å²) in [5.74, 6) is -0.221. The second-order valence-electron chi connectivity index (χ2n) is 5.09. The Morgan fingerprint density at radius 2 is 1.89 bits per heavy atom. The van der Waals surface area contributed by atoms with Crippen LogP contribution < -0.4 is 10.8 Å². The Morgan fingerprint density at radius 1 is 1.21 bits per heavy atom. The summed E-state index contributed by atoms with van der Waals surface area (Å²) in [6.45, 7) is 7.52. The lowest BCUT2D eigenvalue weighted by Crippen LogP contribution is -2.34. The molecule has 2 heterocycles. The minimum Gasteiger partial charge on any atom is -0.534 e. The van der Waals surface area contributed by atoms with Gasteiger partial charge in [-0.05, 0) is 31.4 Å². The summed E-state index contributed by atoms with van der Waals surface area (Å²) in [6, 6.07) is 4.94. The monoisotopic (exact) mass is 257 g/mol. The van der Waals surface area contributed by atoms with Crippen molar-refractivity contribution in [1.82, 2.24) is 5.32 Å². The Kier molecular flexibility index (Phi) is 2.34. The van der Waals surface area contributed by atoms with Gasteiger partial charge in [0.05, 0.1) is 16.9 Å². The maximum absolute atomic E-state index is 11.6. The number of benzene rings is 1. The Hall–Kier alpha value is -2.08. The normalized spacial score (nSPS) is 20.3. The molecule has 0 unspecified atom stereocenters. The Labute approximate surface area is 110 Å². The molecule has 0 aliphatic carbocycles. The van der Waals surface area contributed by atoms with Gasteiger partial charge in [0, 0.05) is 0 Å². The van der Waals surface area contributed by atoms with Gasteiger partial charge >= 0.3 is 7.12 Å². The van der Waals surface area contributed by atoms with Crippen molar-refractivity contribution in [2.75, 3.05) is 0 Å². The van der Waals surface area contributed by atoms with E-state index in [0.29, 0.717) is 22.3 Å². The molecule has 5 nitrogen and oxygen atoms in total. The van der Waals surface area contributed by atoms with Crippen LogP contribution in [0.5, 0.6) is 0 Å². The zero-order valence-corrected chi connectivity index (χ0v) is 10.6. The van der Waals surface area contributed by atoms with E-state index in [4.69, 9.17) is 9.31 Å². The average molecular weight is 257 g/mol. The lowest BCUT2D eigenvalue weighted by atomic mass is 9.78. The fourth-order valence-electron chi connectivity index (χ4n) is 2.10. The van der Waals surface area contributed by atoms with E-state index >= 15 is 0 Å². The fraction of sp³-hybridized carbons (Fsp3) is 0.231. The van der Waals surface area contributed by atoms with Crippen molar-refractivity contribution in [2.24, 2.45) is 0 Å². The molecule has 0 bridgehead atoms. The topological polar surface area (TPSA) is 64.6 Å². The van der Waals surface area contributed by atoms with Crippen molar-refractivity contribution in [3.8, 4) is 0 Å². The third-order valence-corrected chi connectivity index (χ3v) is 3.35. The third kappa shape index (κ3) is 1.76. The summed E-state index contributed by atoms with van der Waals surface area (Å²) in [7, 11) is -0.601. The molecule has 6 heteroatoms. The van der Waals surface area contributed by atoms with Gasteiger partial charge < -0.3 is 9.31 Å². The van der Waals surface area contributed by atoms with Crippen molar-refractivity contribution in [2.45, 2.75) is 19.4 Å². The Morgan fingerprint density at radius 3 is 2.53 bits per heavy atom. The zero-order valence-electron chi connectivity index (χ0n) is 10.6. The second kappa shape index (κ2) is 3.71. The molecule has 0 atom stereocenters. The molecule has 0 aromatic heterocycles. The Bertz CT molecular complexity index is 623. The van der Waals surface area contributed by atoms with Gasteiger partial charge in [-0.1, -0.05) is 12.6 Å². The molecule has 0 spiro atoms. The summed E-state index contributed by atoms with van der Waals surface area (Å²) in [4.78, 5) is 23.1. The lowest BCUT2D eigenvalue weighted by Gasteiger charge is -2.15. The molecule has 96 valence electrons. The van der Waals surface area contributed by atoms with Gasteiger partial charge in [-0.15, -0.1) is 0 Å². The first-order valence-corrected chi connectivity index (χ1v) is 5.92. The summed E-state index contributed by atoms with van der Waals surface area (Å²) < 4.78 is 11.3. The minimum absolute atomic E-state index is 0.352. The molecule has 1 N–H and O–H groups in total. The molecule has 1 saturated heterocycles. The lowest BCUT2D eigenvalue weighted by molar-refractivity contribution is 0.0879. The largest absolute Gasteiger partial charge is 0.563 e. The first-order chi connectivity index (χ1) is 8.88. The third-order valence-electron chi connectivity index (χ3n) is 3.35. The number of carbonyl (C=O) groups excluding carboxylic acids is 2. The van der Waals surface area contributed by atoms with Gasteiger partial charge in [0.25, 0.3) is 11.8 Å². The fourth-order valence-corrected chi connectivity index (χ4v) is 2.10. The number of hydrogen-bond acceptors (Lipinski definition) is 4. The van der Waals surface area contributed by atoms with E-state index in [-0.39, 0.29) is 5.91 Å². The van der Waals surface area contributed by atoms with E-state index in [2.05, 4.69) is 11.9 Å². The van der Waals surface area contributed by atoms with E-state index in [1.165, 1.54) is 0 Å². The maximum Gasteiger partial charge on any atom is 0.563 e. The van der Waals surface area contributed by atoms with E-state index in [1.807, 2.05) is 13.8 Å². The molecular weight excluding hydrogens is 245 g/mol. The van der Waals surface area contributed by atoms with Crippen LogP contribution in [0.4, 0.5) is 0 Å². The second-order valence-corrected chi connectivity index (χ2v) is 5.09. The maximum atomic E-state index is 11.6. The predicted octanol–water partition coefficient (Wildman–Crippen LogP) is 0.604. The smallest absolute Gasteiger partial charge is 0.534 e. The van der Waals surface area contributed by atoms with Crippen molar-refractivity contribution in [1.29, 1.82) is 0 Å². The SMILES string of the molecule is C=C1OB(c2ccc3c(c2)C(=O)NC3=O)OC1(C)C. The number of nitrogens with one attached hydrogen (secondary N) is 1. The summed E-state index contributed by atoms with van der Waals surface area (Å²) in [6.07, 6.45) is 0. The van der Waals surface area contributed by atoms with Gasteiger partial charge in [-0.25, -0.2) is 0 Å². The van der Waals surface area contributed by atoms with Crippen molar-refractivity contribution >= 4 is 24.4 Å². The van der Waals surface area contributed by atoms with Crippen molar-refractivity contribution in [3.63, 3.8) is 0 Å². The quantitative estimate of drug-likeness (QED) is 0.591. The van der Waals surface area contributed by atoms with Crippen LogP contribution in [0.15, 0.2) is 30.5 Å². The molecule has 1 aromatic rings. The van der Waals surface area contributed by atoms with E-state index in [9.17, 15) is 9.59 Å². The van der Waals surface area contributed by atoms with Crippen LogP contribution in [0, 0.1) is 0 Å². The van der Waals surface area contributed by atoms with Gasteiger partial charge in [-0.3, -0.25) is 14.9 Å². The van der Waals surface area contributed by atoms with Crippen LogP contribution in [0.1, 0.15) is 34.6 Å². The van der Waals surface area contributed by atoms with Crippen molar-refractivity contribution in [3.05, 3.63) is 41.7 Å². The highest BCUT2D eigenvalue weighted by Gasteiger charge is 2.43. The van der Waals surface area contributed by atoms with Gasteiger partial charge in [-0.2, -0.15) is 0 Å². The van der Waals surface area contributed by atoms with E-state index in [1.54, 1.807) is 18.2 Å². The number of carbonyl (C=O) groups is 2.